The van der Waals surface area contributed by atoms with Crippen molar-refractivity contribution >= 4 is 51.7 Å². The third-order valence-corrected chi connectivity index (χ3v) is 3.58. The molecule has 0 heterocycles. The molecule has 1 amide bonds. The van der Waals surface area contributed by atoms with Crippen LogP contribution in [0.25, 0.3) is 0 Å². The molecule has 0 aliphatic heterocycles. The first-order valence-corrected chi connectivity index (χ1v) is 7.19. The van der Waals surface area contributed by atoms with Crippen molar-refractivity contribution in [2.75, 3.05) is 0 Å². The van der Waals surface area contributed by atoms with E-state index in [2.05, 4.69) is 27.9 Å². The SMILES string of the molecule is CC(Cl)CC(C)NC(=O)c1cc(Cl)ccc1I. The summed E-state index contributed by atoms with van der Waals surface area (Å²) in [7, 11) is 0. The Labute approximate surface area is 125 Å². The zero-order valence-corrected chi connectivity index (χ0v) is 13.3. The molecule has 5 heteroatoms. The van der Waals surface area contributed by atoms with E-state index in [0.29, 0.717) is 10.6 Å². The van der Waals surface area contributed by atoms with E-state index < -0.39 is 0 Å². The lowest BCUT2D eigenvalue weighted by atomic mass is 10.1. The van der Waals surface area contributed by atoms with Crippen LogP contribution in [-0.2, 0) is 0 Å². The van der Waals surface area contributed by atoms with Gasteiger partial charge in [0.15, 0.2) is 0 Å². The van der Waals surface area contributed by atoms with E-state index in [1.807, 2.05) is 19.9 Å². The Bertz CT molecular complexity index is 409. The second kappa shape index (κ2) is 6.81. The Kier molecular flexibility index (Phi) is 6.03. The standard InChI is InChI=1S/C12H14Cl2INO/c1-7(13)5-8(2)16-12(17)10-6-9(14)3-4-11(10)15/h3-4,6-8H,5H2,1-2H3,(H,16,17). The second-order valence-corrected chi connectivity index (χ2v) is 6.36. The fraction of sp³-hybridized carbons (Fsp3) is 0.417. The van der Waals surface area contributed by atoms with Gasteiger partial charge in [0, 0.05) is 20.0 Å². The van der Waals surface area contributed by atoms with Crippen LogP contribution in [0, 0.1) is 3.57 Å². The number of hydrogen-bond donors (Lipinski definition) is 1. The largest absolute Gasteiger partial charge is 0.349 e. The van der Waals surface area contributed by atoms with Crippen LogP contribution in [0.2, 0.25) is 5.02 Å². The highest BCUT2D eigenvalue weighted by Crippen LogP contribution is 2.18. The molecular weight excluding hydrogens is 372 g/mol. The van der Waals surface area contributed by atoms with Crippen molar-refractivity contribution in [2.24, 2.45) is 0 Å². The summed E-state index contributed by atoms with van der Waals surface area (Å²) in [5, 5.41) is 3.52. The van der Waals surface area contributed by atoms with Crippen molar-refractivity contribution in [1.29, 1.82) is 0 Å². The van der Waals surface area contributed by atoms with Crippen molar-refractivity contribution in [3.8, 4) is 0 Å². The summed E-state index contributed by atoms with van der Waals surface area (Å²) in [6.45, 7) is 3.85. The lowest BCUT2D eigenvalue weighted by molar-refractivity contribution is 0.0937. The molecule has 2 unspecified atom stereocenters. The van der Waals surface area contributed by atoms with Crippen LogP contribution in [0.4, 0.5) is 0 Å². The van der Waals surface area contributed by atoms with Crippen LogP contribution in [-0.4, -0.2) is 17.3 Å². The molecule has 0 fully saturated rings. The molecule has 0 aliphatic carbocycles. The van der Waals surface area contributed by atoms with Gasteiger partial charge >= 0.3 is 0 Å². The highest BCUT2D eigenvalue weighted by Gasteiger charge is 2.14. The van der Waals surface area contributed by atoms with E-state index in [9.17, 15) is 4.79 Å². The summed E-state index contributed by atoms with van der Waals surface area (Å²) in [5.74, 6) is -0.110. The van der Waals surface area contributed by atoms with Gasteiger partial charge in [0.25, 0.3) is 5.91 Å². The van der Waals surface area contributed by atoms with Crippen LogP contribution in [0.1, 0.15) is 30.6 Å². The summed E-state index contributed by atoms with van der Waals surface area (Å²) in [5.41, 5.74) is 0.604. The summed E-state index contributed by atoms with van der Waals surface area (Å²) in [6, 6.07) is 5.32. The normalized spacial score (nSPS) is 14.2. The van der Waals surface area contributed by atoms with Gasteiger partial charge < -0.3 is 5.32 Å². The van der Waals surface area contributed by atoms with Gasteiger partial charge in [0.1, 0.15) is 0 Å². The quantitative estimate of drug-likeness (QED) is 0.614. The van der Waals surface area contributed by atoms with Gasteiger partial charge in [-0.25, -0.2) is 0 Å². The van der Waals surface area contributed by atoms with Crippen molar-refractivity contribution in [1.82, 2.24) is 5.32 Å². The van der Waals surface area contributed by atoms with Crippen molar-refractivity contribution in [3.05, 3.63) is 32.4 Å². The molecule has 2 atom stereocenters. The average molecular weight is 386 g/mol. The van der Waals surface area contributed by atoms with E-state index in [4.69, 9.17) is 23.2 Å². The number of carbonyl (C=O) groups excluding carboxylic acids is 1. The summed E-state index contributed by atoms with van der Waals surface area (Å²) >= 11 is 13.9. The first-order valence-electron chi connectivity index (χ1n) is 5.30. The van der Waals surface area contributed by atoms with Gasteiger partial charge in [0.2, 0.25) is 0 Å². The van der Waals surface area contributed by atoms with Gasteiger partial charge in [-0.2, -0.15) is 0 Å². The molecule has 0 saturated carbocycles. The number of nitrogens with one attached hydrogen (secondary N) is 1. The zero-order valence-electron chi connectivity index (χ0n) is 9.64. The summed E-state index contributed by atoms with van der Waals surface area (Å²) in [4.78, 5) is 12.0. The first kappa shape index (κ1) is 15.1. The fourth-order valence-electron chi connectivity index (χ4n) is 1.52. The molecular formula is C12H14Cl2INO. The number of halogens is 3. The number of amides is 1. The number of hydrogen-bond acceptors (Lipinski definition) is 1. The van der Waals surface area contributed by atoms with Gasteiger partial charge in [-0.05, 0) is 61.1 Å². The lowest BCUT2D eigenvalue weighted by Crippen LogP contribution is -2.34. The number of rotatable bonds is 4. The minimum Gasteiger partial charge on any atom is -0.349 e. The van der Waals surface area contributed by atoms with E-state index in [-0.39, 0.29) is 17.3 Å². The summed E-state index contributed by atoms with van der Waals surface area (Å²) in [6.07, 6.45) is 0.741. The Morgan fingerprint density at radius 2 is 2.12 bits per heavy atom. The van der Waals surface area contributed by atoms with E-state index in [1.165, 1.54) is 0 Å². The van der Waals surface area contributed by atoms with Crippen LogP contribution in [0.5, 0.6) is 0 Å². The second-order valence-electron chi connectivity index (χ2n) is 4.02. The molecule has 1 aromatic carbocycles. The Morgan fingerprint density at radius 3 is 2.71 bits per heavy atom. The number of alkyl halides is 1. The topological polar surface area (TPSA) is 29.1 Å². The molecule has 1 rings (SSSR count). The molecule has 0 bridgehead atoms. The van der Waals surface area contributed by atoms with Crippen LogP contribution >= 0.6 is 45.8 Å². The molecule has 0 spiro atoms. The molecule has 0 radical (unpaired) electrons. The molecule has 1 aromatic rings. The Balaban J connectivity index is 2.73. The predicted octanol–water partition coefficient (Wildman–Crippen LogP) is 4.08. The molecule has 94 valence electrons. The maximum atomic E-state index is 12.0. The highest BCUT2D eigenvalue weighted by atomic mass is 127. The molecule has 0 aliphatic rings. The minimum absolute atomic E-state index is 0.0451. The van der Waals surface area contributed by atoms with E-state index in [1.54, 1.807) is 12.1 Å². The summed E-state index contributed by atoms with van der Waals surface area (Å²) < 4.78 is 0.885. The molecule has 1 N–H and O–H groups in total. The lowest BCUT2D eigenvalue weighted by Gasteiger charge is -2.15. The maximum absolute atomic E-state index is 12.0. The monoisotopic (exact) mass is 385 g/mol. The third kappa shape index (κ3) is 5.02. The minimum atomic E-state index is -0.110. The van der Waals surface area contributed by atoms with Crippen LogP contribution in [0.3, 0.4) is 0 Å². The zero-order chi connectivity index (χ0) is 13.0. The first-order chi connectivity index (χ1) is 7.90. The Hall–Kier alpha value is -0.000000000000000111. The predicted molar refractivity (Wildman–Crippen MR) is 81.0 cm³/mol. The fourth-order valence-corrected chi connectivity index (χ4v) is 2.54. The molecule has 0 saturated heterocycles. The number of benzene rings is 1. The molecule has 2 nitrogen and oxygen atoms in total. The van der Waals surface area contributed by atoms with Gasteiger partial charge in [-0.1, -0.05) is 11.6 Å². The molecule has 0 aromatic heterocycles. The van der Waals surface area contributed by atoms with Crippen LogP contribution < -0.4 is 5.32 Å². The number of carbonyl (C=O) groups is 1. The third-order valence-electron chi connectivity index (χ3n) is 2.23. The van der Waals surface area contributed by atoms with E-state index in [0.717, 1.165) is 9.99 Å². The molecule has 17 heavy (non-hydrogen) atoms. The van der Waals surface area contributed by atoms with Gasteiger partial charge in [-0.3, -0.25) is 4.79 Å². The Morgan fingerprint density at radius 1 is 1.47 bits per heavy atom. The van der Waals surface area contributed by atoms with E-state index >= 15 is 0 Å². The maximum Gasteiger partial charge on any atom is 0.252 e. The highest BCUT2D eigenvalue weighted by molar-refractivity contribution is 14.1. The smallest absolute Gasteiger partial charge is 0.252 e. The van der Waals surface area contributed by atoms with Crippen molar-refractivity contribution in [2.45, 2.75) is 31.7 Å². The van der Waals surface area contributed by atoms with Gasteiger partial charge in [-0.15, -0.1) is 11.6 Å². The van der Waals surface area contributed by atoms with Crippen molar-refractivity contribution in [3.63, 3.8) is 0 Å². The average Bonchev–Trinajstić information content (AvgIpc) is 2.20. The van der Waals surface area contributed by atoms with Gasteiger partial charge in [0.05, 0.1) is 5.56 Å². The van der Waals surface area contributed by atoms with Crippen molar-refractivity contribution < 1.29 is 4.79 Å². The van der Waals surface area contributed by atoms with Crippen LogP contribution in [0.15, 0.2) is 18.2 Å².